The van der Waals surface area contributed by atoms with Gasteiger partial charge in [0.15, 0.2) is 5.65 Å². The SMILES string of the molecule is CC(=O)N(C)c1ccc(S(=O)(=O)n2cc(C3=CCN(C)CC3)c3cccnc32)cc1.CN1CC=C(c2cn(S(=O)(=O)c3ccc4c(c3)NCCC4)c3ccc(F)cc23)CC1.CN1CC=C(c2cn(S(=O)(=O)c3ccc4c(c3)NCCC4)c3ccccc23)CC1. The van der Waals surface area contributed by atoms with Gasteiger partial charge in [-0.25, -0.2) is 46.5 Å². The molecule has 462 valence electrons. The Balaban J connectivity index is 0.000000130. The quantitative estimate of drug-likeness (QED) is 0.132. The summed E-state index contributed by atoms with van der Waals surface area (Å²) in [6, 6.07) is 32.9. The van der Waals surface area contributed by atoms with Crippen LogP contribution in [-0.2, 0) is 47.7 Å². The molecular formula is C68H73FN10O7S3. The fourth-order valence-electron chi connectivity index (χ4n) is 12.3. The van der Waals surface area contributed by atoms with E-state index in [2.05, 4.69) is 62.6 Å². The topological polar surface area (TPSA) is 184 Å². The van der Waals surface area contributed by atoms with E-state index in [1.807, 2.05) is 61.8 Å². The summed E-state index contributed by atoms with van der Waals surface area (Å²) in [7, 11) is -3.49. The number of aryl methyl sites for hydroxylation is 2. The second-order valence-corrected chi connectivity index (χ2v) is 29.0. The zero-order valence-electron chi connectivity index (χ0n) is 50.7. The number of nitrogens with one attached hydrogen (secondary N) is 2. The van der Waals surface area contributed by atoms with Gasteiger partial charge >= 0.3 is 0 Å². The van der Waals surface area contributed by atoms with Gasteiger partial charge in [0.2, 0.25) is 5.91 Å². The predicted molar refractivity (Wildman–Crippen MR) is 354 cm³/mol. The van der Waals surface area contributed by atoms with E-state index in [0.29, 0.717) is 27.1 Å². The van der Waals surface area contributed by atoms with Crippen LogP contribution in [-0.4, -0.2) is 143 Å². The Morgan fingerprint density at radius 1 is 0.517 bits per heavy atom. The van der Waals surface area contributed by atoms with Gasteiger partial charge in [-0.1, -0.05) is 48.6 Å². The molecule has 2 N–H and O–H groups in total. The molecule has 0 unspecified atom stereocenters. The molecule has 4 aromatic heterocycles. The molecule has 14 rings (SSSR count). The Labute approximate surface area is 520 Å². The van der Waals surface area contributed by atoms with Crippen molar-refractivity contribution in [3.63, 3.8) is 0 Å². The lowest BCUT2D eigenvalue weighted by molar-refractivity contribution is -0.116. The van der Waals surface area contributed by atoms with Crippen molar-refractivity contribution in [2.75, 3.05) is 96.1 Å². The fraction of sp³-hybridized carbons (Fsp3) is 0.294. The largest absolute Gasteiger partial charge is 0.385 e. The van der Waals surface area contributed by atoms with Gasteiger partial charge in [-0.05, 0) is 179 Å². The molecule has 0 atom stereocenters. The van der Waals surface area contributed by atoms with E-state index in [-0.39, 0.29) is 21.5 Å². The first-order valence-electron chi connectivity index (χ1n) is 30.1. The predicted octanol–water partition coefficient (Wildman–Crippen LogP) is 11.0. The van der Waals surface area contributed by atoms with Gasteiger partial charge in [0.05, 0.1) is 25.7 Å². The average molecular weight is 1260 g/mol. The number of anilines is 3. The van der Waals surface area contributed by atoms with Crippen LogP contribution in [0.15, 0.2) is 173 Å². The van der Waals surface area contributed by atoms with Crippen LogP contribution < -0.4 is 15.5 Å². The van der Waals surface area contributed by atoms with E-state index >= 15 is 0 Å². The van der Waals surface area contributed by atoms with Crippen LogP contribution >= 0.6 is 0 Å². The van der Waals surface area contributed by atoms with Crippen molar-refractivity contribution < 1.29 is 34.4 Å². The summed E-state index contributed by atoms with van der Waals surface area (Å²) in [5.74, 6) is -0.493. The smallest absolute Gasteiger partial charge is 0.269 e. The number of carbonyl (C=O) groups excluding carboxylic acids is 1. The van der Waals surface area contributed by atoms with Crippen molar-refractivity contribution in [1.82, 2.24) is 31.6 Å². The molecule has 89 heavy (non-hydrogen) atoms. The second-order valence-electron chi connectivity index (χ2n) is 23.6. The number of fused-ring (bicyclic) bond motifs is 5. The minimum atomic E-state index is -3.84. The molecular weight excluding hydrogens is 1180 g/mol. The van der Waals surface area contributed by atoms with Gasteiger partial charge in [-0.2, -0.15) is 0 Å². The minimum Gasteiger partial charge on any atom is -0.385 e. The number of carbonyl (C=O) groups is 1. The van der Waals surface area contributed by atoms with Crippen molar-refractivity contribution in [3.8, 4) is 0 Å². The van der Waals surface area contributed by atoms with Crippen LogP contribution in [0.2, 0.25) is 0 Å². The lowest BCUT2D eigenvalue weighted by Crippen LogP contribution is -2.23. The number of para-hydroxylation sites is 1. The highest BCUT2D eigenvalue weighted by Gasteiger charge is 2.29. The highest BCUT2D eigenvalue weighted by atomic mass is 32.2. The number of hydrogen-bond donors (Lipinski definition) is 2. The molecule has 0 spiro atoms. The van der Waals surface area contributed by atoms with E-state index in [9.17, 15) is 34.4 Å². The maximum Gasteiger partial charge on any atom is 0.269 e. The first kappa shape index (κ1) is 61.1. The van der Waals surface area contributed by atoms with Gasteiger partial charge in [-0.15, -0.1) is 0 Å². The van der Waals surface area contributed by atoms with E-state index in [1.165, 1.54) is 59.1 Å². The van der Waals surface area contributed by atoms with Gasteiger partial charge < -0.3 is 30.2 Å². The standard InChI is InChI=1S/C23H24FN3O2S.C23H25N3O2S.C22H24N4O3S/c1-26-11-8-16(9-12-26)21-15-27(23-7-5-18(24)13-20(21)23)30(28,29)19-6-4-17-3-2-10-25-22(17)14-19;1-25-13-10-17(11-14-25)21-16-26(23-7-3-2-6-20(21)23)29(27,28)19-9-8-18-5-4-12-24-22(18)15-19;1-16(27)25(3)18-6-8-19(9-7-18)30(28,29)26-15-21(17-10-13-24(2)14-11-17)20-5-4-12-23-22(20)26/h4-8,13-15,25H,2-3,9-12H2,1H3;2-3,6-10,15-16,24H,4-5,11-14H2,1H3;4-10,12,15H,11,13-14H2,1-3H3. The minimum absolute atomic E-state index is 0.123. The van der Waals surface area contributed by atoms with Gasteiger partial charge in [0.1, 0.15) is 5.82 Å². The number of amides is 1. The summed E-state index contributed by atoms with van der Waals surface area (Å²) in [6.07, 6.45) is 19.8. The third-order valence-electron chi connectivity index (χ3n) is 17.6. The Morgan fingerprint density at radius 3 is 1.49 bits per heavy atom. The normalized spacial score (nSPS) is 16.8. The lowest BCUT2D eigenvalue weighted by atomic mass is 9.99. The maximum absolute atomic E-state index is 14.1. The number of hydrogen-bond acceptors (Lipinski definition) is 13. The number of pyridine rings is 1. The van der Waals surface area contributed by atoms with Crippen LogP contribution in [0.25, 0.3) is 49.6 Å². The number of rotatable bonds is 10. The van der Waals surface area contributed by atoms with Crippen LogP contribution in [0.5, 0.6) is 0 Å². The van der Waals surface area contributed by atoms with Crippen LogP contribution in [0.1, 0.15) is 66.8 Å². The van der Waals surface area contributed by atoms with Gasteiger partial charge in [0.25, 0.3) is 30.1 Å². The maximum atomic E-state index is 14.1. The van der Waals surface area contributed by atoms with Crippen molar-refractivity contribution in [2.45, 2.75) is 66.6 Å². The summed E-state index contributed by atoms with van der Waals surface area (Å²) < 4.78 is 99.3. The Morgan fingerprint density at radius 2 is 0.978 bits per heavy atom. The monoisotopic (exact) mass is 1260 g/mol. The van der Waals surface area contributed by atoms with Gasteiger partial charge in [-0.3, -0.25) is 4.79 Å². The molecule has 0 aliphatic carbocycles. The Hall–Kier alpha value is -8.18. The summed E-state index contributed by atoms with van der Waals surface area (Å²) in [5, 5.41) is 9.08. The van der Waals surface area contributed by atoms with Crippen LogP contribution in [0, 0.1) is 5.82 Å². The van der Waals surface area contributed by atoms with Crippen molar-refractivity contribution in [1.29, 1.82) is 0 Å². The van der Waals surface area contributed by atoms with Crippen LogP contribution in [0.4, 0.5) is 21.5 Å². The molecule has 0 saturated carbocycles. The summed E-state index contributed by atoms with van der Waals surface area (Å²) in [5.41, 5.74) is 12.5. The third-order valence-corrected chi connectivity index (χ3v) is 22.6. The van der Waals surface area contributed by atoms with Gasteiger partial charge in [0, 0.05) is 141 Å². The Bertz CT molecular complexity index is 4680. The average Bonchev–Trinajstić information content (AvgIpc) is 1.73. The highest BCUT2D eigenvalue weighted by molar-refractivity contribution is 7.90. The van der Waals surface area contributed by atoms with E-state index in [1.54, 1.807) is 68.1 Å². The molecule has 0 bridgehead atoms. The third kappa shape index (κ3) is 12.2. The number of aromatic nitrogens is 4. The first-order chi connectivity index (χ1) is 42.8. The first-order valence-corrected chi connectivity index (χ1v) is 34.4. The molecule has 17 nitrogen and oxygen atoms in total. The number of nitrogens with zero attached hydrogens (tertiary/aromatic N) is 8. The van der Waals surface area contributed by atoms with Crippen molar-refractivity contribution >= 4 is 103 Å². The van der Waals surface area contributed by atoms with Crippen LogP contribution in [0.3, 0.4) is 0 Å². The zero-order chi connectivity index (χ0) is 62.4. The molecule has 0 radical (unpaired) electrons. The van der Waals surface area contributed by atoms with Crippen molar-refractivity contribution in [2.24, 2.45) is 0 Å². The molecule has 5 aliphatic rings. The summed E-state index contributed by atoms with van der Waals surface area (Å²) >= 11 is 0. The molecule has 5 aromatic carbocycles. The summed E-state index contributed by atoms with van der Waals surface area (Å²) in [6.45, 7) is 8.49. The molecule has 1 amide bonds. The molecule has 9 aromatic rings. The van der Waals surface area contributed by atoms with E-state index in [4.69, 9.17) is 0 Å². The lowest BCUT2D eigenvalue weighted by Gasteiger charge is -2.21. The zero-order valence-corrected chi connectivity index (χ0v) is 53.1. The van der Waals surface area contributed by atoms with E-state index in [0.717, 1.165) is 158 Å². The molecule has 21 heteroatoms. The summed E-state index contributed by atoms with van der Waals surface area (Å²) in [4.78, 5) is 24.8. The number of likely N-dealkylation sites (N-methyl/N-ethyl adjacent to an activating group) is 3. The van der Waals surface area contributed by atoms with E-state index < -0.39 is 30.1 Å². The molecule has 0 fully saturated rings. The molecule has 0 saturated heterocycles. The molecule has 9 heterocycles. The number of halogens is 1. The van der Waals surface area contributed by atoms with Crippen molar-refractivity contribution in [3.05, 3.63) is 192 Å². The number of benzene rings is 5. The second kappa shape index (κ2) is 25.0. The highest BCUT2D eigenvalue weighted by Crippen LogP contribution is 2.38. The fourth-order valence-corrected chi connectivity index (χ4v) is 16.4. The molecule has 5 aliphatic heterocycles. The Kier molecular flexibility index (Phi) is 17.2.